The molecule has 0 aliphatic carbocycles. The summed E-state index contributed by atoms with van der Waals surface area (Å²) in [6, 6.07) is 20.8. The molecule has 0 aromatic heterocycles. The van der Waals surface area contributed by atoms with Crippen LogP contribution in [0.3, 0.4) is 0 Å². The van der Waals surface area contributed by atoms with E-state index in [1.165, 1.54) is 0 Å². The third-order valence-corrected chi connectivity index (χ3v) is 4.82. The lowest BCUT2D eigenvalue weighted by molar-refractivity contribution is 0.368. The number of nitrogens with one attached hydrogen (secondary N) is 1. The highest BCUT2D eigenvalue weighted by molar-refractivity contribution is 7.92. The van der Waals surface area contributed by atoms with Crippen LogP contribution >= 0.6 is 0 Å². The van der Waals surface area contributed by atoms with E-state index in [2.05, 4.69) is 4.72 Å². The molecular formula is C18H14N2O3S. The highest BCUT2D eigenvalue weighted by atomic mass is 32.2. The van der Waals surface area contributed by atoms with Gasteiger partial charge in [0, 0.05) is 5.69 Å². The van der Waals surface area contributed by atoms with E-state index in [9.17, 15) is 8.42 Å². The summed E-state index contributed by atoms with van der Waals surface area (Å²) in [5.74, 6) is 0.505. The molecule has 0 spiro atoms. The quantitative estimate of drug-likeness (QED) is 0.771. The largest absolute Gasteiger partial charge is 0.479 e. The number of nitriles is 1. The molecule has 3 aromatic rings. The molecule has 0 aliphatic heterocycles. The molecule has 0 radical (unpaired) electrons. The summed E-state index contributed by atoms with van der Waals surface area (Å²) in [5.41, 5.74) is 0.424. The van der Waals surface area contributed by atoms with Gasteiger partial charge < -0.3 is 4.74 Å². The summed E-state index contributed by atoms with van der Waals surface area (Å²) >= 11 is 0. The van der Waals surface area contributed by atoms with E-state index < -0.39 is 10.0 Å². The van der Waals surface area contributed by atoms with Crippen molar-refractivity contribution in [2.24, 2.45) is 0 Å². The number of rotatable bonds is 5. The maximum Gasteiger partial charge on any atom is 0.261 e. The molecule has 1 N–H and O–H groups in total. The fourth-order valence-corrected chi connectivity index (χ4v) is 3.38. The standard InChI is InChI=1S/C18H14N2O3S/c19-11-12-23-17-8-6-16(7-9-17)20-24(21,22)18-10-5-14-3-1-2-4-15(14)13-18/h1-10,13,20H,12H2. The number of anilines is 1. The highest BCUT2D eigenvalue weighted by Crippen LogP contribution is 2.22. The first-order chi connectivity index (χ1) is 11.6. The number of fused-ring (bicyclic) bond motifs is 1. The monoisotopic (exact) mass is 338 g/mol. The van der Waals surface area contributed by atoms with E-state index >= 15 is 0 Å². The number of benzene rings is 3. The first-order valence-corrected chi connectivity index (χ1v) is 8.68. The average molecular weight is 338 g/mol. The zero-order valence-corrected chi connectivity index (χ0v) is 13.5. The number of ether oxygens (including phenoxy) is 1. The Bertz CT molecular complexity index is 1010. The van der Waals surface area contributed by atoms with Gasteiger partial charge in [-0.1, -0.05) is 30.3 Å². The van der Waals surface area contributed by atoms with Gasteiger partial charge in [-0.2, -0.15) is 5.26 Å². The SMILES string of the molecule is N#CCOc1ccc(NS(=O)(=O)c2ccc3ccccc3c2)cc1. The van der Waals surface area contributed by atoms with Crippen molar-refractivity contribution < 1.29 is 13.2 Å². The van der Waals surface area contributed by atoms with Gasteiger partial charge in [0.15, 0.2) is 6.61 Å². The molecular weight excluding hydrogens is 324 g/mol. The molecule has 5 nitrogen and oxygen atoms in total. The van der Waals surface area contributed by atoms with E-state index in [1.807, 2.05) is 30.3 Å². The van der Waals surface area contributed by atoms with Crippen molar-refractivity contribution in [2.75, 3.05) is 11.3 Å². The van der Waals surface area contributed by atoms with Gasteiger partial charge in [0.2, 0.25) is 0 Å². The minimum atomic E-state index is -3.68. The fraction of sp³-hybridized carbons (Fsp3) is 0.0556. The second-order valence-electron chi connectivity index (χ2n) is 5.09. The summed E-state index contributed by atoms with van der Waals surface area (Å²) in [7, 11) is -3.68. The summed E-state index contributed by atoms with van der Waals surface area (Å²) < 4.78 is 32.7. The lowest BCUT2D eigenvalue weighted by Gasteiger charge is -2.10. The lowest BCUT2D eigenvalue weighted by atomic mass is 10.1. The van der Waals surface area contributed by atoms with Gasteiger partial charge in [0.1, 0.15) is 11.8 Å². The Morgan fingerprint density at radius 2 is 1.67 bits per heavy atom. The number of sulfonamides is 1. The highest BCUT2D eigenvalue weighted by Gasteiger charge is 2.14. The molecule has 0 saturated carbocycles. The molecule has 0 heterocycles. The van der Waals surface area contributed by atoms with E-state index in [1.54, 1.807) is 42.5 Å². The number of nitrogens with zero attached hydrogens (tertiary/aromatic N) is 1. The van der Waals surface area contributed by atoms with Gasteiger partial charge in [-0.15, -0.1) is 0 Å². The van der Waals surface area contributed by atoms with E-state index in [0.717, 1.165) is 10.8 Å². The Labute approximate surface area is 140 Å². The predicted octanol–water partition coefficient (Wildman–Crippen LogP) is 3.54. The third kappa shape index (κ3) is 3.47. The number of hydrogen-bond donors (Lipinski definition) is 1. The molecule has 0 saturated heterocycles. The Hall–Kier alpha value is -3.04. The van der Waals surface area contributed by atoms with Gasteiger partial charge in [-0.05, 0) is 47.2 Å². The zero-order valence-electron chi connectivity index (χ0n) is 12.6. The summed E-state index contributed by atoms with van der Waals surface area (Å²) in [6.07, 6.45) is 0. The van der Waals surface area contributed by atoms with Gasteiger partial charge in [0.05, 0.1) is 4.90 Å². The minimum Gasteiger partial charge on any atom is -0.479 e. The van der Waals surface area contributed by atoms with Crippen molar-refractivity contribution in [1.82, 2.24) is 0 Å². The van der Waals surface area contributed by atoms with Gasteiger partial charge >= 0.3 is 0 Å². The molecule has 0 amide bonds. The topological polar surface area (TPSA) is 79.2 Å². The lowest BCUT2D eigenvalue weighted by Crippen LogP contribution is -2.12. The Morgan fingerprint density at radius 3 is 2.38 bits per heavy atom. The summed E-state index contributed by atoms with van der Waals surface area (Å²) in [5, 5.41) is 10.3. The van der Waals surface area contributed by atoms with Gasteiger partial charge in [0.25, 0.3) is 10.0 Å². The van der Waals surface area contributed by atoms with Crippen LogP contribution in [0.25, 0.3) is 10.8 Å². The van der Waals surface area contributed by atoms with E-state index in [-0.39, 0.29) is 11.5 Å². The Kier molecular flexibility index (Phi) is 4.36. The van der Waals surface area contributed by atoms with Crippen molar-refractivity contribution in [1.29, 1.82) is 5.26 Å². The van der Waals surface area contributed by atoms with E-state index in [0.29, 0.717) is 11.4 Å². The van der Waals surface area contributed by atoms with Crippen molar-refractivity contribution in [2.45, 2.75) is 4.90 Å². The van der Waals surface area contributed by atoms with E-state index in [4.69, 9.17) is 10.00 Å². The first-order valence-electron chi connectivity index (χ1n) is 7.20. The van der Waals surface area contributed by atoms with Crippen LogP contribution in [0, 0.1) is 11.3 Å². The molecule has 3 rings (SSSR count). The maximum absolute atomic E-state index is 12.5. The Balaban J connectivity index is 1.83. The van der Waals surface area contributed by atoms with Crippen molar-refractivity contribution in [3.63, 3.8) is 0 Å². The van der Waals surface area contributed by atoms with Crippen molar-refractivity contribution in [3.8, 4) is 11.8 Å². The summed E-state index contributed by atoms with van der Waals surface area (Å²) in [4.78, 5) is 0.200. The van der Waals surface area contributed by atoms with Crippen LogP contribution < -0.4 is 9.46 Å². The predicted molar refractivity (Wildman–Crippen MR) is 92.3 cm³/mol. The third-order valence-electron chi connectivity index (χ3n) is 3.44. The zero-order chi connectivity index (χ0) is 17.0. The molecule has 120 valence electrons. The molecule has 24 heavy (non-hydrogen) atoms. The van der Waals surface area contributed by atoms with Crippen molar-refractivity contribution >= 4 is 26.5 Å². The molecule has 0 unspecified atom stereocenters. The average Bonchev–Trinajstić information content (AvgIpc) is 2.60. The minimum absolute atomic E-state index is 0.0534. The van der Waals surface area contributed by atoms with Crippen LogP contribution in [0.2, 0.25) is 0 Å². The molecule has 0 aliphatic rings. The molecule has 3 aromatic carbocycles. The molecule has 0 bridgehead atoms. The molecule has 6 heteroatoms. The van der Waals surface area contributed by atoms with Crippen LogP contribution in [0.4, 0.5) is 5.69 Å². The normalized spacial score (nSPS) is 11.0. The summed E-state index contributed by atoms with van der Waals surface area (Å²) in [6.45, 7) is -0.0534. The fourth-order valence-electron chi connectivity index (χ4n) is 2.28. The second-order valence-corrected chi connectivity index (χ2v) is 6.77. The smallest absolute Gasteiger partial charge is 0.261 e. The van der Waals surface area contributed by atoms with Crippen LogP contribution in [0.1, 0.15) is 0 Å². The van der Waals surface area contributed by atoms with Gasteiger partial charge in [-0.25, -0.2) is 8.42 Å². The second kappa shape index (κ2) is 6.60. The van der Waals surface area contributed by atoms with Crippen LogP contribution in [0.15, 0.2) is 71.6 Å². The van der Waals surface area contributed by atoms with Crippen LogP contribution in [-0.4, -0.2) is 15.0 Å². The number of hydrogen-bond acceptors (Lipinski definition) is 4. The Morgan fingerprint density at radius 1 is 0.958 bits per heavy atom. The van der Waals surface area contributed by atoms with Crippen LogP contribution in [0.5, 0.6) is 5.75 Å². The van der Waals surface area contributed by atoms with Crippen LogP contribution in [-0.2, 0) is 10.0 Å². The first kappa shape index (κ1) is 15.8. The maximum atomic E-state index is 12.5. The van der Waals surface area contributed by atoms with Gasteiger partial charge in [-0.3, -0.25) is 4.72 Å². The molecule has 0 atom stereocenters. The molecule has 0 fully saturated rings. The van der Waals surface area contributed by atoms with Crippen molar-refractivity contribution in [3.05, 3.63) is 66.7 Å².